The number of piperazine rings is 1. The van der Waals surface area contributed by atoms with Gasteiger partial charge in [-0.2, -0.15) is 10.5 Å². The standard InChI is InChI=1S/C27H33FN6O2/c1-26(4-5-29,34-8-6-33(7-9-34)22-3-2-17(16-30)12-21(22)28)24(31)32-23-19-10-18-11-20(23)15-27(13-18,14-19)25(35)36/h2-3,12,18-20,23H,4,6-11,13-15H2,1H3,(H2,31,32)(H,35,36). The van der Waals surface area contributed by atoms with E-state index in [2.05, 4.69) is 11.0 Å². The lowest BCUT2D eigenvalue weighted by molar-refractivity contribution is -0.166. The Labute approximate surface area is 211 Å². The van der Waals surface area contributed by atoms with Crippen LogP contribution in [0.5, 0.6) is 0 Å². The Morgan fingerprint density at radius 1 is 1.22 bits per heavy atom. The van der Waals surface area contributed by atoms with E-state index >= 15 is 0 Å². The van der Waals surface area contributed by atoms with Gasteiger partial charge in [-0.05, 0) is 75.0 Å². The highest BCUT2D eigenvalue weighted by Gasteiger charge is 2.59. The zero-order chi connectivity index (χ0) is 25.7. The molecule has 3 unspecified atom stereocenters. The van der Waals surface area contributed by atoms with Crippen molar-refractivity contribution in [1.29, 1.82) is 10.5 Å². The molecule has 3 atom stereocenters. The summed E-state index contributed by atoms with van der Waals surface area (Å²) >= 11 is 0. The van der Waals surface area contributed by atoms with E-state index in [4.69, 9.17) is 16.0 Å². The van der Waals surface area contributed by atoms with Gasteiger partial charge in [0.1, 0.15) is 11.7 Å². The van der Waals surface area contributed by atoms with Crippen LogP contribution in [-0.2, 0) is 4.79 Å². The predicted octanol–water partition coefficient (Wildman–Crippen LogP) is 3.13. The van der Waals surface area contributed by atoms with Crippen molar-refractivity contribution >= 4 is 17.5 Å². The van der Waals surface area contributed by atoms with Gasteiger partial charge in [-0.15, -0.1) is 0 Å². The number of carboxylic acid groups (broad SMARTS) is 1. The summed E-state index contributed by atoms with van der Waals surface area (Å²) in [5.41, 5.74) is 6.10. The highest BCUT2D eigenvalue weighted by atomic mass is 19.1. The zero-order valence-corrected chi connectivity index (χ0v) is 20.7. The Hall–Kier alpha value is -3.17. The lowest BCUT2D eigenvalue weighted by Gasteiger charge is -2.57. The first-order valence-electron chi connectivity index (χ1n) is 12.8. The summed E-state index contributed by atoms with van der Waals surface area (Å²) in [6.45, 7) is 4.27. The first-order chi connectivity index (χ1) is 17.2. The molecule has 190 valence electrons. The fourth-order valence-electron chi connectivity index (χ4n) is 7.56. The maximum Gasteiger partial charge on any atom is 0.309 e. The number of rotatable bonds is 6. The van der Waals surface area contributed by atoms with E-state index in [1.165, 1.54) is 6.07 Å². The van der Waals surface area contributed by atoms with E-state index in [0.29, 0.717) is 62.0 Å². The first kappa shape index (κ1) is 24.5. The number of hydrogen-bond donors (Lipinski definition) is 2. The van der Waals surface area contributed by atoms with E-state index in [0.717, 1.165) is 19.3 Å². The molecule has 1 aromatic carbocycles. The van der Waals surface area contributed by atoms with Crippen LogP contribution in [0, 0.1) is 51.6 Å². The van der Waals surface area contributed by atoms with Gasteiger partial charge in [0.25, 0.3) is 0 Å². The van der Waals surface area contributed by atoms with Crippen LogP contribution in [0.4, 0.5) is 10.1 Å². The number of amidine groups is 1. The molecule has 36 heavy (non-hydrogen) atoms. The number of carboxylic acids is 1. The number of aliphatic imine (C=N–C) groups is 1. The average Bonchev–Trinajstić information content (AvgIpc) is 2.85. The molecule has 5 fully saturated rings. The van der Waals surface area contributed by atoms with Gasteiger partial charge in [0.15, 0.2) is 0 Å². The average molecular weight is 493 g/mol. The van der Waals surface area contributed by atoms with Crippen LogP contribution in [0.25, 0.3) is 0 Å². The largest absolute Gasteiger partial charge is 0.481 e. The van der Waals surface area contributed by atoms with E-state index in [1.54, 1.807) is 12.1 Å². The molecule has 5 aliphatic rings. The summed E-state index contributed by atoms with van der Waals surface area (Å²) in [6.07, 6.45) is 4.34. The maximum atomic E-state index is 14.6. The summed E-state index contributed by atoms with van der Waals surface area (Å²) in [7, 11) is 0. The molecule has 9 heteroatoms. The molecule has 1 heterocycles. The molecule has 1 aromatic rings. The number of halogens is 1. The third-order valence-electron chi connectivity index (χ3n) is 9.34. The van der Waals surface area contributed by atoms with Crippen molar-refractivity contribution in [3.8, 4) is 12.1 Å². The fourth-order valence-corrected chi connectivity index (χ4v) is 7.56. The van der Waals surface area contributed by atoms with E-state index in [9.17, 15) is 19.6 Å². The highest BCUT2D eigenvalue weighted by molar-refractivity contribution is 5.90. The molecule has 6 rings (SSSR count). The second-order valence-electron chi connectivity index (χ2n) is 11.4. The third-order valence-corrected chi connectivity index (χ3v) is 9.34. The van der Waals surface area contributed by atoms with Crippen LogP contribution in [0.3, 0.4) is 0 Å². The van der Waals surface area contributed by atoms with Crippen molar-refractivity contribution < 1.29 is 14.3 Å². The molecular formula is C27H33FN6O2. The molecule has 1 saturated heterocycles. The predicted molar refractivity (Wildman–Crippen MR) is 133 cm³/mol. The molecule has 0 aromatic heterocycles. The van der Waals surface area contributed by atoms with Crippen LogP contribution in [0.2, 0.25) is 0 Å². The SMILES string of the molecule is CC(CC#N)(C(N)=NC1C2CC3CC1CC(C(=O)O)(C3)C2)N1CCN(c2ccc(C#N)cc2F)CC1. The minimum absolute atomic E-state index is 0.0149. The summed E-state index contributed by atoms with van der Waals surface area (Å²) in [5, 5.41) is 28.6. The number of carbonyl (C=O) groups is 1. The molecule has 0 amide bonds. The topological polar surface area (TPSA) is 130 Å². The van der Waals surface area contributed by atoms with Crippen molar-refractivity contribution in [2.24, 2.45) is 33.9 Å². The highest BCUT2D eigenvalue weighted by Crippen LogP contribution is 2.61. The van der Waals surface area contributed by atoms with Gasteiger partial charge < -0.3 is 15.7 Å². The number of aliphatic carboxylic acids is 1. The summed E-state index contributed by atoms with van der Waals surface area (Å²) < 4.78 is 14.6. The van der Waals surface area contributed by atoms with E-state index in [1.807, 2.05) is 17.9 Å². The Morgan fingerprint density at radius 3 is 2.44 bits per heavy atom. The number of nitrogens with zero attached hydrogens (tertiary/aromatic N) is 5. The number of nitrogens with two attached hydrogens (primary N) is 1. The van der Waals surface area contributed by atoms with Gasteiger partial charge in [-0.25, -0.2) is 4.39 Å². The smallest absolute Gasteiger partial charge is 0.309 e. The number of nitriles is 2. The monoisotopic (exact) mass is 492 g/mol. The second-order valence-corrected chi connectivity index (χ2v) is 11.4. The summed E-state index contributed by atoms with van der Waals surface area (Å²) in [4.78, 5) is 21.2. The second kappa shape index (κ2) is 9.05. The van der Waals surface area contributed by atoms with E-state index in [-0.39, 0.29) is 24.3 Å². The van der Waals surface area contributed by atoms with Crippen LogP contribution < -0.4 is 10.6 Å². The quantitative estimate of drug-likeness (QED) is 0.461. The molecule has 8 nitrogen and oxygen atoms in total. The van der Waals surface area contributed by atoms with Gasteiger partial charge >= 0.3 is 5.97 Å². The van der Waals surface area contributed by atoms with Crippen LogP contribution in [0.15, 0.2) is 23.2 Å². The Bertz CT molecular complexity index is 1150. The fraction of sp³-hybridized carbons (Fsp3) is 0.630. The molecule has 0 spiro atoms. The van der Waals surface area contributed by atoms with Gasteiger partial charge in [0, 0.05) is 26.2 Å². The molecule has 1 aliphatic heterocycles. The lowest BCUT2D eigenvalue weighted by Crippen LogP contribution is -2.62. The van der Waals surface area contributed by atoms with Gasteiger partial charge in [-0.1, -0.05) is 0 Å². The van der Waals surface area contributed by atoms with Crippen LogP contribution in [-0.4, -0.2) is 59.6 Å². The summed E-state index contributed by atoms with van der Waals surface area (Å²) in [5.74, 6) is 0.297. The number of hydrogen-bond acceptors (Lipinski definition) is 6. The van der Waals surface area contributed by atoms with Crippen molar-refractivity contribution in [2.75, 3.05) is 31.1 Å². The summed E-state index contributed by atoms with van der Waals surface area (Å²) in [6, 6.07) is 8.78. The van der Waals surface area contributed by atoms with Crippen molar-refractivity contribution in [3.05, 3.63) is 29.6 Å². The van der Waals surface area contributed by atoms with Crippen molar-refractivity contribution in [1.82, 2.24) is 4.90 Å². The van der Waals surface area contributed by atoms with Crippen molar-refractivity contribution in [2.45, 2.75) is 57.0 Å². The van der Waals surface area contributed by atoms with E-state index < -0.39 is 22.7 Å². The van der Waals surface area contributed by atoms with Crippen LogP contribution >= 0.6 is 0 Å². The number of anilines is 1. The maximum absolute atomic E-state index is 14.6. The van der Waals surface area contributed by atoms with Gasteiger partial charge in [0.2, 0.25) is 0 Å². The van der Waals surface area contributed by atoms with Gasteiger partial charge in [0.05, 0.1) is 46.8 Å². The normalized spacial score (nSPS) is 33.6. The molecule has 4 bridgehead atoms. The lowest BCUT2D eigenvalue weighted by atomic mass is 9.48. The Balaban J connectivity index is 1.32. The number of benzene rings is 1. The minimum atomic E-state index is -0.747. The first-order valence-corrected chi connectivity index (χ1v) is 12.8. The third kappa shape index (κ3) is 4.00. The zero-order valence-electron chi connectivity index (χ0n) is 20.7. The molecule has 0 radical (unpaired) electrons. The molecular weight excluding hydrogens is 459 g/mol. The Kier molecular flexibility index (Phi) is 6.16. The molecule has 3 N–H and O–H groups in total. The van der Waals surface area contributed by atoms with Crippen molar-refractivity contribution in [3.63, 3.8) is 0 Å². The van der Waals surface area contributed by atoms with Crippen LogP contribution in [0.1, 0.15) is 51.0 Å². The minimum Gasteiger partial charge on any atom is -0.481 e. The molecule has 4 aliphatic carbocycles. The van der Waals surface area contributed by atoms with Gasteiger partial charge in [-0.3, -0.25) is 14.7 Å². The molecule has 4 saturated carbocycles. The Morgan fingerprint density at radius 2 is 1.89 bits per heavy atom.